The van der Waals surface area contributed by atoms with Crippen LogP contribution in [0.15, 0.2) is 18.2 Å². The number of rotatable bonds is 4. The van der Waals surface area contributed by atoms with Crippen LogP contribution < -0.4 is 11.1 Å². The number of carbonyl (C=O) groups is 1. The van der Waals surface area contributed by atoms with Crippen molar-refractivity contribution in [3.63, 3.8) is 0 Å². The highest BCUT2D eigenvalue weighted by atomic mass is 32.2. The SMILES string of the molecule is CCC1CN(C(C)C(=O)Nc2cc(N)ccc2F)CCS1. The third-order valence-corrected chi connectivity index (χ3v) is 5.17. The van der Waals surface area contributed by atoms with Crippen LogP contribution in [0, 0.1) is 5.82 Å². The van der Waals surface area contributed by atoms with Crippen molar-refractivity contribution in [3.8, 4) is 0 Å². The Bertz CT molecular complexity index is 512. The van der Waals surface area contributed by atoms with Crippen LogP contribution in [-0.4, -0.2) is 40.9 Å². The van der Waals surface area contributed by atoms with Gasteiger partial charge in [0.2, 0.25) is 5.91 Å². The van der Waals surface area contributed by atoms with Crippen molar-refractivity contribution in [1.82, 2.24) is 4.90 Å². The molecule has 0 saturated carbocycles. The largest absolute Gasteiger partial charge is 0.399 e. The van der Waals surface area contributed by atoms with Gasteiger partial charge in [-0.3, -0.25) is 9.69 Å². The molecule has 116 valence electrons. The van der Waals surface area contributed by atoms with Gasteiger partial charge in [0.15, 0.2) is 0 Å². The van der Waals surface area contributed by atoms with Gasteiger partial charge in [-0.1, -0.05) is 6.92 Å². The van der Waals surface area contributed by atoms with Crippen LogP contribution in [0.2, 0.25) is 0 Å². The molecular weight excluding hydrogens is 289 g/mol. The predicted octanol–water partition coefficient (Wildman–Crippen LogP) is 2.56. The number of nitrogen functional groups attached to an aromatic ring is 1. The van der Waals surface area contributed by atoms with Gasteiger partial charge in [-0.15, -0.1) is 0 Å². The molecule has 0 bridgehead atoms. The van der Waals surface area contributed by atoms with Gasteiger partial charge in [0, 0.05) is 29.8 Å². The number of nitrogens with zero attached hydrogens (tertiary/aromatic N) is 1. The molecule has 21 heavy (non-hydrogen) atoms. The van der Waals surface area contributed by atoms with Crippen molar-refractivity contribution in [3.05, 3.63) is 24.0 Å². The maximum atomic E-state index is 13.7. The fraction of sp³-hybridized carbons (Fsp3) is 0.533. The molecule has 1 aromatic rings. The van der Waals surface area contributed by atoms with Crippen LogP contribution in [0.4, 0.5) is 15.8 Å². The van der Waals surface area contributed by atoms with Crippen molar-refractivity contribution in [1.29, 1.82) is 0 Å². The summed E-state index contributed by atoms with van der Waals surface area (Å²) in [4.78, 5) is 14.5. The predicted molar refractivity (Wildman–Crippen MR) is 87.0 cm³/mol. The summed E-state index contributed by atoms with van der Waals surface area (Å²) in [6.07, 6.45) is 1.10. The van der Waals surface area contributed by atoms with Crippen LogP contribution >= 0.6 is 11.8 Å². The summed E-state index contributed by atoms with van der Waals surface area (Å²) in [6.45, 7) is 5.81. The van der Waals surface area contributed by atoms with Crippen molar-refractivity contribution >= 4 is 29.0 Å². The number of anilines is 2. The third-order valence-electron chi connectivity index (χ3n) is 3.80. The quantitative estimate of drug-likeness (QED) is 0.839. The molecule has 1 aromatic carbocycles. The molecule has 1 saturated heterocycles. The molecule has 0 spiro atoms. The normalized spacial score (nSPS) is 21.0. The Morgan fingerprint density at radius 2 is 2.38 bits per heavy atom. The molecule has 0 aromatic heterocycles. The van der Waals surface area contributed by atoms with Crippen LogP contribution in [0.25, 0.3) is 0 Å². The van der Waals surface area contributed by atoms with Gasteiger partial charge in [-0.2, -0.15) is 11.8 Å². The van der Waals surface area contributed by atoms with E-state index in [0.29, 0.717) is 10.9 Å². The van der Waals surface area contributed by atoms with E-state index in [1.165, 1.54) is 18.2 Å². The Morgan fingerprint density at radius 3 is 3.10 bits per heavy atom. The Labute approximate surface area is 129 Å². The lowest BCUT2D eigenvalue weighted by Crippen LogP contribution is -2.48. The summed E-state index contributed by atoms with van der Waals surface area (Å²) in [7, 11) is 0. The second kappa shape index (κ2) is 7.13. The molecule has 3 N–H and O–H groups in total. The number of benzene rings is 1. The minimum absolute atomic E-state index is 0.144. The van der Waals surface area contributed by atoms with Gasteiger partial charge in [0.1, 0.15) is 5.82 Å². The molecule has 0 radical (unpaired) electrons. The smallest absolute Gasteiger partial charge is 0.241 e. The molecule has 1 heterocycles. The zero-order valence-corrected chi connectivity index (χ0v) is 13.3. The van der Waals surface area contributed by atoms with E-state index < -0.39 is 5.82 Å². The van der Waals surface area contributed by atoms with Crippen molar-refractivity contribution in [2.45, 2.75) is 31.6 Å². The summed E-state index contributed by atoms with van der Waals surface area (Å²) in [5, 5.41) is 3.21. The highest BCUT2D eigenvalue weighted by Gasteiger charge is 2.27. The Morgan fingerprint density at radius 1 is 1.62 bits per heavy atom. The van der Waals surface area contributed by atoms with E-state index in [-0.39, 0.29) is 17.6 Å². The number of hydrogen-bond donors (Lipinski definition) is 2. The lowest BCUT2D eigenvalue weighted by atomic mass is 10.2. The molecular formula is C15H22FN3OS. The summed E-state index contributed by atoms with van der Waals surface area (Å²) >= 11 is 1.95. The molecule has 1 aliphatic heterocycles. The molecule has 1 amide bonds. The second-order valence-electron chi connectivity index (χ2n) is 5.30. The summed E-state index contributed by atoms with van der Waals surface area (Å²) < 4.78 is 13.7. The minimum Gasteiger partial charge on any atom is -0.399 e. The maximum absolute atomic E-state index is 13.7. The van der Waals surface area contributed by atoms with E-state index in [1.54, 1.807) is 0 Å². The van der Waals surface area contributed by atoms with Crippen molar-refractivity contribution in [2.24, 2.45) is 0 Å². The maximum Gasteiger partial charge on any atom is 0.241 e. The first-order valence-corrected chi connectivity index (χ1v) is 8.27. The molecule has 2 unspecified atom stereocenters. The number of carbonyl (C=O) groups excluding carboxylic acids is 1. The van der Waals surface area contributed by atoms with Gasteiger partial charge in [0.25, 0.3) is 0 Å². The summed E-state index contributed by atoms with van der Waals surface area (Å²) in [5.41, 5.74) is 6.20. The second-order valence-corrected chi connectivity index (χ2v) is 6.71. The fourth-order valence-corrected chi connectivity index (χ4v) is 3.59. The lowest BCUT2D eigenvalue weighted by molar-refractivity contribution is -0.120. The van der Waals surface area contributed by atoms with Gasteiger partial charge >= 0.3 is 0 Å². The molecule has 2 rings (SSSR count). The average Bonchev–Trinajstić information content (AvgIpc) is 2.50. The average molecular weight is 311 g/mol. The first kappa shape index (κ1) is 16.1. The zero-order chi connectivity index (χ0) is 15.4. The highest BCUT2D eigenvalue weighted by molar-refractivity contribution is 8.00. The monoisotopic (exact) mass is 311 g/mol. The number of nitrogens with two attached hydrogens (primary N) is 1. The van der Waals surface area contributed by atoms with E-state index in [1.807, 2.05) is 18.7 Å². The fourth-order valence-electron chi connectivity index (χ4n) is 2.38. The number of halogens is 1. The Kier molecular flexibility index (Phi) is 5.47. The van der Waals surface area contributed by atoms with Crippen LogP contribution in [0.1, 0.15) is 20.3 Å². The first-order chi connectivity index (χ1) is 10.0. The molecule has 2 atom stereocenters. The standard InChI is InChI=1S/C15H22FN3OS/c1-3-12-9-19(6-7-21-12)10(2)15(20)18-14-8-11(17)4-5-13(14)16/h4-5,8,10,12H,3,6-7,9,17H2,1-2H3,(H,18,20). The Balaban J connectivity index is 2.00. The van der Waals surface area contributed by atoms with Gasteiger partial charge < -0.3 is 11.1 Å². The highest BCUT2D eigenvalue weighted by Crippen LogP contribution is 2.23. The number of amides is 1. The molecule has 0 aliphatic carbocycles. The topological polar surface area (TPSA) is 58.4 Å². The van der Waals surface area contributed by atoms with Gasteiger partial charge in [-0.05, 0) is 31.5 Å². The first-order valence-electron chi connectivity index (χ1n) is 7.22. The zero-order valence-electron chi connectivity index (χ0n) is 12.4. The molecule has 4 nitrogen and oxygen atoms in total. The van der Waals surface area contributed by atoms with Crippen molar-refractivity contribution in [2.75, 3.05) is 29.9 Å². The Hall–Kier alpha value is -1.27. The number of hydrogen-bond acceptors (Lipinski definition) is 4. The van der Waals surface area contributed by atoms with Gasteiger partial charge in [-0.25, -0.2) is 4.39 Å². The number of nitrogens with one attached hydrogen (secondary N) is 1. The van der Waals surface area contributed by atoms with E-state index in [2.05, 4.69) is 17.1 Å². The van der Waals surface area contributed by atoms with Crippen LogP contribution in [0.3, 0.4) is 0 Å². The lowest BCUT2D eigenvalue weighted by Gasteiger charge is -2.35. The summed E-state index contributed by atoms with van der Waals surface area (Å²) in [5.74, 6) is 0.370. The molecule has 1 fully saturated rings. The van der Waals surface area contributed by atoms with E-state index >= 15 is 0 Å². The van der Waals surface area contributed by atoms with E-state index in [0.717, 1.165) is 25.3 Å². The van der Waals surface area contributed by atoms with Crippen molar-refractivity contribution < 1.29 is 9.18 Å². The molecule has 6 heteroatoms. The van der Waals surface area contributed by atoms with E-state index in [9.17, 15) is 9.18 Å². The van der Waals surface area contributed by atoms with Crippen LogP contribution in [-0.2, 0) is 4.79 Å². The summed E-state index contributed by atoms with van der Waals surface area (Å²) in [6, 6.07) is 3.91. The van der Waals surface area contributed by atoms with Gasteiger partial charge in [0.05, 0.1) is 11.7 Å². The minimum atomic E-state index is -0.467. The number of thioether (sulfide) groups is 1. The van der Waals surface area contributed by atoms with E-state index in [4.69, 9.17) is 5.73 Å². The van der Waals surface area contributed by atoms with Crippen LogP contribution in [0.5, 0.6) is 0 Å². The molecule has 1 aliphatic rings. The third kappa shape index (κ3) is 4.11.